The summed E-state index contributed by atoms with van der Waals surface area (Å²) in [6.45, 7) is 5.35. The second kappa shape index (κ2) is 5.97. The van der Waals surface area contributed by atoms with Crippen LogP contribution >= 0.6 is 15.9 Å². The summed E-state index contributed by atoms with van der Waals surface area (Å²) in [6, 6.07) is 3.22. The van der Waals surface area contributed by atoms with Crippen LogP contribution in [0.15, 0.2) is 34.2 Å². The molecule has 1 aromatic carbocycles. The van der Waals surface area contributed by atoms with E-state index in [-0.39, 0.29) is 18.0 Å². The standard InChI is InChI=1S/C12H16BrNO3S/c1-4-5-14(3)18(16,17)11-7-10(8-15)6-9(2)12(11)13/h4,6-7,15H,1,5,8H2,2-3H3. The number of benzene rings is 1. The molecule has 0 unspecified atom stereocenters. The van der Waals surface area contributed by atoms with Gasteiger partial charge in [-0.25, -0.2) is 8.42 Å². The average molecular weight is 334 g/mol. The first-order chi connectivity index (χ1) is 8.34. The zero-order valence-electron chi connectivity index (χ0n) is 10.4. The van der Waals surface area contributed by atoms with Gasteiger partial charge < -0.3 is 5.11 Å². The fraction of sp³-hybridized carbons (Fsp3) is 0.333. The van der Waals surface area contributed by atoms with E-state index in [4.69, 9.17) is 5.11 Å². The molecule has 0 atom stereocenters. The molecule has 0 amide bonds. The van der Waals surface area contributed by atoms with Crippen molar-refractivity contribution in [3.05, 3.63) is 40.4 Å². The largest absolute Gasteiger partial charge is 0.392 e. The van der Waals surface area contributed by atoms with Gasteiger partial charge in [-0.15, -0.1) is 6.58 Å². The maximum absolute atomic E-state index is 12.3. The van der Waals surface area contributed by atoms with Gasteiger partial charge in [0.15, 0.2) is 0 Å². The fourth-order valence-electron chi connectivity index (χ4n) is 1.54. The summed E-state index contributed by atoms with van der Waals surface area (Å²) in [6.07, 6.45) is 1.52. The van der Waals surface area contributed by atoms with E-state index in [9.17, 15) is 8.42 Å². The van der Waals surface area contributed by atoms with Crippen LogP contribution in [-0.4, -0.2) is 31.4 Å². The molecule has 18 heavy (non-hydrogen) atoms. The monoisotopic (exact) mass is 333 g/mol. The fourth-order valence-corrected chi connectivity index (χ4v) is 3.70. The zero-order valence-corrected chi connectivity index (χ0v) is 12.8. The smallest absolute Gasteiger partial charge is 0.244 e. The lowest BCUT2D eigenvalue weighted by atomic mass is 10.1. The number of hydrogen-bond donors (Lipinski definition) is 1. The van der Waals surface area contributed by atoms with Gasteiger partial charge in [-0.2, -0.15) is 4.31 Å². The van der Waals surface area contributed by atoms with Gasteiger partial charge >= 0.3 is 0 Å². The topological polar surface area (TPSA) is 57.6 Å². The van der Waals surface area contributed by atoms with Gasteiger partial charge in [0.2, 0.25) is 10.0 Å². The summed E-state index contributed by atoms with van der Waals surface area (Å²) >= 11 is 3.29. The molecular formula is C12H16BrNO3S. The number of aryl methyl sites for hydroxylation is 1. The summed E-state index contributed by atoms with van der Waals surface area (Å²) in [5, 5.41) is 9.15. The molecule has 0 aliphatic rings. The average Bonchev–Trinajstić information content (AvgIpc) is 2.32. The molecule has 1 rings (SSSR count). The van der Waals surface area contributed by atoms with E-state index in [1.54, 1.807) is 13.0 Å². The van der Waals surface area contributed by atoms with Crippen molar-refractivity contribution in [1.29, 1.82) is 0 Å². The van der Waals surface area contributed by atoms with Crippen molar-refractivity contribution in [3.63, 3.8) is 0 Å². The Bertz CT molecular complexity index is 555. The zero-order chi connectivity index (χ0) is 13.9. The Hall–Kier alpha value is -0.690. The normalized spacial score (nSPS) is 11.8. The lowest BCUT2D eigenvalue weighted by Gasteiger charge is -2.18. The van der Waals surface area contributed by atoms with Crippen molar-refractivity contribution in [1.82, 2.24) is 4.31 Å². The van der Waals surface area contributed by atoms with Crippen LogP contribution in [0.25, 0.3) is 0 Å². The molecule has 0 fully saturated rings. The Morgan fingerprint density at radius 3 is 2.61 bits per heavy atom. The highest BCUT2D eigenvalue weighted by atomic mass is 79.9. The van der Waals surface area contributed by atoms with Crippen molar-refractivity contribution in [3.8, 4) is 0 Å². The molecule has 0 radical (unpaired) electrons. The Labute approximate surface area is 116 Å². The highest BCUT2D eigenvalue weighted by Gasteiger charge is 2.23. The molecule has 0 spiro atoms. The number of nitrogens with zero attached hydrogens (tertiary/aromatic N) is 1. The van der Waals surface area contributed by atoms with Crippen LogP contribution in [0.1, 0.15) is 11.1 Å². The van der Waals surface area contributed by atoms with E-state index >= 15 is 0 Å². The summed E-state index contributed by atoms with van der Waals surface area (Å²) in [4.78, 5) is 0.163. The molecule has 0 saturated carbocycles. The van der Waals surface area contributed by atoms with Gasteiger partial charge in [0, 0.05) is 18.1 Å². The molecule has 0 heterocycles. The molecule has 6 heteroatoms. The molecule has 0 aromatic heterocycles. The SMILES string of the molecule is C=CCN(C)S(=O)(=O)c1cc(CO)cc(C)c1Br. The van der Waals surface area contributed by atoms with E-state index in [0.717, 1.165) is 5.56 Å². The maximum Gasteiger partial charge on any atom is 0.244 e. The third-order valence-electron chi connectivity index (χ3n) is 2.54. The van der Waals surface area contributed by atoms with E-state index in [2.05, 4.69) is 22.5 Å². The minimum atomic E-state index is -3.58. The number of sulfonamides is 1. The second-order valence-electron chi connectivity index (χ2n) is 3.96. The lowest BCUT2D eigenvalue weighted by molar-refractivity contribution is 0.281. The molecule has 100 valence electrons. The first-order valence-electron chi connectivity index (χ1n) is 5.31. The Kier molecular flexibility index (Phi) is 5.10. The molecular weight excluding hydrogens is 318 g/mol. The number of hydrogen-bond acceptors (Lipinski definition) is 3. The van der Waals surface area contributed by atoms with Gasteiger partial charge in [-0.05, 0) is 40.0 Å². The first-order valence-corrected chi connectivity index (χ1v) is 7.55. The van der Waals surface area contributed by atoms with E-state index < -0.39 is 10.0 Å². The third kappa shape index (κ3) is 3.00. The van der Waals surface area contributed by atoms with Crippen LogP contribution in [0.2, 0.25) is 0 Å². The number of halogens is 1. The first kappa shape index (κ1) is 15.4. The van der Waals surface area contributed by atoms with Crippen LogP contribution in [-0.2, 0) is 16.6 Å². The summed E-state index contributed by atoms with van der Waals surface area (Å²) in [7, 11) is -2.09. The minimum Gasteiger partial charge on any atom is -0.392 e. The Morgan fingerprint density at radius 2 is 2.11 bits per heavy atom. The van der Waals surface area contributed by atoms with Crippen molar-refractivity contribution in [2.45, 2.75) is 18.4 Å². The van der Waals surface area contributed by atoms with E-state index in [0.29, 0.717) is 10.0 Å². The molecule has 0 saturated heterocycles. The predicted octanol–water partition coefficient (Wildman–Crippen LogP) is 2.06. The van der Waals surface area contributed by atoms with Crippen LogP contribution in [0.5, 0.6) is 0 Å². The number of aliphatic hydroxyl groups is 1. The van der Waals surface area contributed by atoms with E-state index in [1.807, 2.05) is 0 Å². The van der Waals surface area contributed by atoms with Crippen molar-refractivity contribution < 1.29 is 13.5 Å². The number of rotatable bonds is 5. The third-order valence-corrected chi connectivity index (χ3v) is 5.70. The highest BCUT2D eigenvalue weighted by Crippen LogP contribution is 2.29. The molecule has 0 aliphatic heterocycles. The number of likely N-dealkylation sites (N-methyl/N-ethyl adjacent to an activating group) is 1. The van der Waals surface area contributed by atoms with Crippen molar-refractivity contribution in [2.75, 3.05) is 13.6 Å². The predicted molar refractivity (Wildman–Crippen MR) is 74.8 cm³/mol. The van der Waals surface area contributed by atoms with Gasteiger partial charge in [0.1, 0.15) is 0 Å². The molecule has 0 bridgehead atoms. The van der Waals surface area contributed by atoms with Crippen LogP contribution in [0.4, 0.5) is 0 Å². The molecule has 1 N–H and O–H groups in total. The quantitative estimate of drug-likeness (QED) is 0.839. The molecule has 0 aliphatic carbocycles. The van der Waals surface area contributed by atoms with Crippen molar-refractivity contribution >= 4 is 26.0 Å². The van der Waals surface area contributed by atoms with Gasteiger partial charge in [0.05, 0.1) is 11.5 Å². The van der Waals surface area contributed by atoms with Crippen LogP contribution in [0.3, 0.4) is 0 Å². The summed E-state index contributed by atoms with van der Waals surface area (Å²) in [5.74, 6) is 0. The lowest BCUT2D eigenvalue weighted by Crippen LogP contribution is -2.27. The van der Waals surface area contributed by atoms with Crippen molar-refractivity contribution in [2.24, 2.45) is 0 Å². The number of aliphatic hydroxyl groups excluding tert-OH is 1. The molecule has 4 nitrogen and oxygen atoms in total. The summed E-state index contributed by atoms with van der Waals surface area (Å²) < 4.78 is 26.4. The Balaban J connectivity index is 3.40. The maximum atomic E-state index is 12.3. The highest BCUT2D eigenvalue weighted by molar-refractivity contribution is 9.10. The molecule has 1 aromatic rings. The van der Waals surface area contributed by atoms with Gasteiger partial charge in [-0.3, -0.25) is 0 Å². The van der Waals surface area contributed by atoms with Crippen LogP contribution in [0, 0.1) is 6.92 Å². The van der Waals surface area contributed by atoms with Crippen LogP contribution < -0.4 is 0 Å². The minimum absolute atomic E-state index is 0.163. The van der Waals surface area contributed by atoms with Gasteiger partial charge in [-0.1, -0.05) is 12.1 Å². The Morgan fingerprint density at radius 1 is 1.50 bits per heavy atom. The summed E-state index contributed by atoms with van der Waals surface area (Å²) in [5.41, 5.74) is 1.34. The van der Waals surface area contributed by atoms with Gasteiger partial charge in [0.25, 0.3) is 0 Å². The second-order valence-corrected chi connectivity index (χ2v) is 6.76. The van der Waals surface area contributed by atoms with E-state index in [1.165, 1.54) is 23.5 Å².